The molecule has 0 bridgehead atoms. The molecule has 0 spiro atoms. The van der Waals surface area contributed by atoms with Crippen molar-refractivity contribution < 1.29 is 5.11 Å². The average molecular weight is 466 g/mol. The smallest absolute Gasteiger partial charge is 0.271 e. The van der Waals surface area contributed by atoms with Crippen LogP contribution in [0.4, 0.5) is 0 Å². The second-order valence-electron chi connectivity index (χ2n) is 7.48. The summed E-state index contributed by atoms with van der Waals surface area (Å²) in [6.07, 6.45) is 4.06. The van der Waals surface area contributed by atoms with Gasteiger partial charge in [-0.15, -0.1) is 11.3 Å². The van der Waals surface area contributed by atoms with Crippen LogP contribution in [-0.2, 0) is 6.42 Å². The van der Waals surface area contributed by atoms with Crippen molar-refractivity contribution in [2.45, 2.75) is 26.3 Å². The van der Waals surface area contributed by atoms with Crippen molar-refractivity contribution in [3.8, 4) is 11.8 Å². The fraction of sp³-hybridized carbons (Fsp3) is 0.217. The number of halogens is 1. The van der Waals surface area contributed by atoms with Crippen LogP contribution in [0.25, 0.3) is 5.69 Å². The van der Waals surface area contributed by atoms with E-state index >= 15 is 0 Å². The number of aliphatic hydroxyl groups excluding tert-OH is 1. The molecule has 32 heavy (non-hydrogen) atoms. The predicted octanol–water partition coefficient (Wildman–Crippen LogP) is 3.80. The number of aryl methyl sites for hydroxylation is 2. The highest BCUT2D eigenvalue weighted by Gasteiger charge is 2.20. The zero-order chi connectivity index (χ0) is 22.8. The van der Waals surface area contributed by atoms with Crippen molar-refractivity contribution >= 4 is 22.9 Å². The number of nitrogens with zero attached hydrogens (tertiary/aromatic N) is 5. The molecule has 162 valence electrons. The normalized spacial score (nSPS) is 12.0. The standard InChI is InChI=1S/C23H20ClN5O2S/c1-14-7-16(3-4-19(14)28-11-15(2)26-13-28)8-17-9-18(10-25)27-29(23(17)31)20(12-30)21-5-6-22(24)32-21/h3-7,9,11,13,20,30H,8,12H2,1-2H3/t20-/m0/s1. The lowest BCUT2D eigenvalue weighted by Gasteiger charge is -2.16. The lowest BCUT2D eigenvalue weighted by molar-refractivity contribution is 0.238. The van der Waals surface area contributed by atoms with Crippen molar-refractivity contribution in [2.24, 2.45) is 0 Å². The van der Waals surface area contributed by atoms with Gasteiger partial charge in [0, 0.05) is 28.7 Å². The molecule has 1 atom stereocenters. The van der Waals surface area contributed by atoms with Crippen molar-refractivity contribution in [3.05, 3.63) is 96.6 Å². The Bertz CT molecular complexity index is 1380. The maximum atomic E-state index is 13.2. The summed E-state index contributed by atoms with van der Waals surface area (Å²) in [7, 11) is 0. The first-order chi connectivity index (χ1) is 15.4. The molecule has 4 aromatic rings. The number of aliphatic hydroxyl groups is 1. The van der Waals surface area contributed by atoms with Crippen molar-refractivity contribution in [1.29, 1.82) is 5.26 Å². The van der Waals surface area contributed by atoms with Gasteiger partial charge in [0.2, 0.25) is 0 Å². The zero-order valence-electron chi connectivity index (χ0n) is 17.5. The number of benzene rings is 1. The van der Waals surface area contributed by atoms with E-state index in [9.17, 15) is 15.2 Å². The number of nitriles is 1. The molecule has 4 rings (SSSR count). The largest absolute Gasteiger partial charge is 0.394 e. The van der Waals surface area contributed by atoms with Gasteiger partial charge in [0.1, 0.15) is 12.1 Å². The van der Waals surface area contributed by atoms with E-state index in [0.29, 0.717) is 21.2 Å². The second kappa shape index (κ2) is 9.09. The number of hydrogen-bond donors (Lipinski definition) is 1. The summed E-state index contributed by atoms with van der Waals surface area (Å²) in [4.78, 5) is 18.2. The molecule has 0 fully saturated rings. The lowest BCUT2D eigenvalue weighted by Crippen LogP contribution is -2.32. The van der Waals surface area contributed by atoms with Crippen molar-refractivity contribution in [2.75, 3.05) is 6.61 Å². The monoisotopic (exact) mass is 465 g/mol. The quantitative estimate of drug-likeness (QED) is 0.467. The van der Waals surface area contributed by atoms with Crippen LogP contribution in [-0.4, -0.2) is 31.0 Å². The highest BCUT2D eigenvalue weighted by atomic mass is 35.5. The van der Waals surface area contributed by atoms with Crippen LogP contribution in [0.1, 0.15) is 39.0 Å². The first-order valence-corrected chi connectivity index (χ1v) is 11.1. The van der Waals surface area contributed by atoms with Crippen LogP contribution in [0.5, 0.6) is 0 Å². The number of rotatable bonds is 6. The van der Waals surface area contributed by atoms with Gasteiger partial charge in [-0.05, 0) is 49.2 Å². The van der Waals surface area contributed by atoms with Gasteiger partial charge >= 0.3 is 0 Å². The topological polar surface area (TPSA) is 96.7 Å². The minimum Gasteiger partial charge on any atom is -0.394 e. The van der Waals surface area contributed by atoms with Crippen LogP contribution in [0.2, 0.25) is 4.34 Å². The van der Waals surface area contributed by atoms with Crippen LogP contribution in [0, 0.1) is 25.2 Å². The van der Waals surface area contributed by atoms with Crippen LogP contribution in [0.15, 0.2) is 53.7 Å². The SMILES string of the molecule is Cc1cn(-c2ccc(Cc3cc(C#N)nn([C@@H](CO)c4ccc(Cl)s4)c3=O)cc2C)cn1. The molecule has 0 saturated carbocycles. The van der Waals surface area contributed by atoms with Gasteiger partial charge in [-0.2, -0.15) is 10.4 Å². The summed E-state index contributed by atoms with van der Waals surface area (Å²) in [6, 6.07) is 12.2. The van der Waals surface area contributed by atoms with Crippen molar-refractivity contribution in [1.82, 2.24) is 19.3 Å². The molecule has 3 aromatic heterocycles. The van der Waals surface area contributed by atoms with Gasteiger partial charge in [-0.3, -0.25) is 4.79 Å². The minimum absolute atomic E-state index is 0.114. The molecule has 7 nitrogen and oxygen atoms in total. The van der Waals surface area contributed by atoms with E-state index in [1.807, 2.05) is 48.9 Å². The Labute approximate surface area is 193 Å². The third-order valence-electron chi connectivity index (χ3n) is 5.16. The molecule has 0 radical (unpaired) electrons. The highest BCUT2D eigenvalue weighted by molar-refractivity contribution is 7.16. The zero-order valence-corrected chi connectivity index (χ0v) is 19.1. The van der Waals surface area contributed by atoms with Crippen LogP contribution >= 0.6 is 22.9 Å². The van der Waals surface area contributed by atoms with Gasteiger partial charge in [-0.1, -0.05) is 23.7 Å². The van der Waals surface area contributed by atoms with Gasteiger partial charge < -0.3 is 9.67 Å². The molecule has 0 unspecified atom stereocenters. The average Bonchev–Trinajstić information content (AvgIpc) is 3.39. The Kier molecular flexibility index (Phi) is 6.24. The predicted molar refractivity (Wildman–Crippen MR) is 124 cm³/mol. The second-order valence-corrected chi connectivity index (χ2v) is 9.22. The molecule has 0 aliphatic heterocycles. The highest BCUT2D eigenvalue weighted by Crippen LogP contribution is 2.28. The summed E-state index contributed by atoms with van der Waals surface area (Å²) in [6.45, 7) is 3.60. The number of hydrogen-bond acceptors (Lipinski definition) is 6. The van der Waals surface area contributed by atoms with Crippen LogP contribution < -0.4 is 5.56 Å². The van der Waals surface area contributed by atoms with E-state index in [2.05, 4.69) is 10.1 Å². The fourth-order valence-electron chi connectivity index (χ4n) is 3.64. The molecule has 0 saturated heterocycles. The Morgan fingerprint density at radius 3 is 2.66 bits per heavy atom. The first-order valence-electron chi connectivity index (χ1n) is 9.89. The minimum atomic E-state index is -0.708. The molecule has 1 aromatic carbocycles. The van der Waals surface area contributed by atoms with Gasteiger partial charge in [0.15, 0.2) is 5.69 Å². The molecule has 3 heterocycles. The van der Waals surface area contributed by atoms with E-state index < -0.39 is 6.04 Å². The molecule has 0 amide bonds. The Hall–Kier alpha value is -3.25. The summed E-state index contributed by atoms with van der Waals surface area (Å²) in [5.41, 5.74) is 4.11. The van der Waals surface area contributed by atoms with Gasteiger partial charge in [0.25, 0.3) is 5.56 Å². The van der Waals surface area contributed by atoms with Gasteiger partial charge in [-0.25, -0.2) is 9.67 Å². The molecule has 0 aliphatic rings. The third-order valence-corrected chi connectivity index (χ3v) is 6.49. The van der Waals surface area contributed by atoms with Gasteiger partial charge in [0.05, 0.1) is 23.0 Å². The third kappa shape index (κ3) is 4.36. The fourth-order valence-corrected chi connectivity index (χ4v) is 4.78. The molecule has 0 aliphatic carbocycles. The lowest BCUT2D eigenvalue weighted by atomic mass is 10.0. The Morgan fingerprint density at radius 1 is 1.25 bits per heavy atom. The number of imidazole rings is 1. The van der Waals surface area contributed by atoms with E-state index in [0.717, 1.165) is 22.5 Å². The maximum Gasteiger partial charge on any atom is 0.271 e. The summed E-state index contributed by atoms with van der Waals surface area (Å²) < 4.78 is 3.69. The van der Waals surface area contributed by atoms with E-state index in [4.69, 9.17) is 11.6 Å². The molecule has 1 N–H and O–H groups in total. The maximum absolute atomic E-state index is 13.2. The Balaban J connectivity index is 1.71. The first kappa shape index (κ1) is 22.0. The van der Waals surface area contributed by atoms with E-state index in [-0.39, 0.29) is 17.9 Å². The molecular weight excluding hydrogens is 446 g/mol. The number of aromatic nitrogens is 4. The molecular formula is C23H20ClN5O2S. The molecule has 9 heteroatoms. The summed E-state index contributed by atoms with van der Waals surface area (Å²) in [5, 5.41) is 23.6. The van der Waals surface area contributed by atoms with Crippen LogP contribution in [0.3, 0.4) is 0 Å². The number of thiophene rings is 1. The van der Waals surface area contributed by atoms with E-state index in [1.54, 1.807) is 18.5 Å². The summed E-state index contributed by atoms with van der Waals surface area (Å²) >= 11 is 7.30. The summed E-state index contributed by atoms with van der Waals surface area (Å²) in [5.74, 6) is 0. The Morgan fingerprint density at radius 2 is 2.06 bits per heavy atom. The van der Waals surface area contributed by atoms with Crippen molar-refractivity contribution in [3.63, 3.8) is 0 Å². The van der Waals surface area contributed by atoms with E-state index in [1.165, 1.54) is 22.1 Å².